The number of methoxy groups -OCH3 is 1. The van der Waals surface area contributed by atoms with Gasteiger partial charge in [-0.05, 0) is 0 Å². The van der Waals surface area contributed by atoms with Crippen molar-refractivity contribution in [3.63, 3.8) is 0 Å². The Bertz CT molecular complexity index is 580. The fourth-order valence-corrected chi connectivity index (χ4v) is 3.10. The maximum atomic E-state index is 11.0. The fourth-order valence-electron chi connectivity index (χ4n) is 1.98. The molecule has 0 aliphatic carbocycles. The number of aromatic nitrogens is 1. The normalized spacial score (nSPS) is 12.3. The summed E-state index contributed by atoms with van der Waals surface area (Å²) in [5.74, 6) is -0.674. The van der Waals surface area contributed by atoms with Gasteiger partial charge in [-0.15, -0.1) is 11.3 Å². The lowest BCUT2D eigenvalue weighted by molar-refractivity contribution is -0.136. The molecule has 0 aliphatic heterocycles. The van der Waals surface area contributed by atoms with Gasteiger partial charge in [-0.25, -0.2) is 4.98 Å². The molecule has 0 saturated carbocycles. The first-order valence-electron chi connectivity index (χ1n) is 6.37. The third-order valence-corrected chi connectivity index (χ3v) is 4.20. The van der Waals surface area contributed by atoms with Gasteiger partial charge in [-0.1, -0.05) is 37.3 Å². The first-order valence-corrected chi connectivity index (χ1v) is 7.19. The van der Waals surface area contributed by atoms with E-state index < -0.39 is 5.97 Å². The van der Waals surface area contributed by atoms with Crippen molar-refractivity contribution in [1.29, 1.82) is 0 Å². The molecule has 1 heterocycles. The van der Waals surface area contributed by atoms with E-state index in [1.54, 1.807) is 7.11 Å². The molecule has 0 aliphatic rings. The number of benzene rings is 1. The minimum atomic E-state index is -0.836. The van der Waals surface area contributed by atoms with Crippen LogP contribution in [0.3, 0.4) is 0 Å². The highest BCUT2D eigenvalue weighted by molar-refractivity contribution is 7.12. The summed E-state index contributed by atoms with van der Waals surface area (Å²) < 4.78 is 5.14. The lowest BCUT2D eigenvalue weighted by Crippen LogP contribution is -2.01. The van der Waals surface area contributed by atoms with Crippen molar-refractivity contribution >= 4 is 17.3 Å². The first kappa shape index (κ1) is 14.7. The van der Waals surface area contributed by atoms with Crippen LogP contribution < -0.4 is 0 Å². The summed E-state index contributed by atoms with van der Waals surface area (Å²) in [6.07, 6.45) is 0.00158. The Labute approximate surface area is 122 Å². The molecule has 0 saturated heterocycles. The Morgan fingerprint density at radius 3 is 2.70 bits per heavy atom. The maximum Gasteiger partial charge on any atom is 0.308 e. The van der Waals surface area contributed by atoms with Gasteiger partial charge in [0.15, 0.2) is 0 Å². The zero-order valence-electron chi connectivity index (χ0n) is 11.5. The summed E-state index contributed by atoms with van der Waals surface area (Å²) in [6.45, 7) is 2.61. The minimum Gasteiger partial charge on any atom is -0.481 e. The molecule has 1 unspecified atom stereocenters. The van der Waals surface area contributed by atoms with E-state index in [9.17, 15) is 4.79 Å². The van der Waals surface area contributed by atoms with Crippen LogP contribution in [0, 0.1) is 0 Å². The number of carbonyl (C=O) groups is 1. The van der Waals surface area contributed by atoms with Crippen molar-refractivity contribution in [3.05, 3.63) is 40.2 Å². The molecule has 4 nitrogen and oxygen atoms in total. The van der Waals surface area contributed by atoms with Gasteiger partial charge in [0.05, 0.1) is 23.7 Å². The lowest BCUT2D eigenvalue weighted by Gasteiger charge is -2.05. The van der Waals surface area contributed by atoms with Crippen LogP contribution in [0.1, 0.15) is 22.7 Å². The smallest absolute Gasteiger partial charge is 0.308 e. The topological polar surface area (TPSA) is 59.4 Å². The largest absolute Gasteiger partial charge is 0.481 e. The van der Waals surface area contributed by atoms with E-state index in [1.165, 1.54) is 11.3 Å². The lowest BCUT2D eigenvalue weighted by atomic mass is 10.1. The molecule has 0 amide bonds. The fraction of sp³-hybridized carbons (Fsp3) is 0.333. The quantitative estimate of drug-likeness (QED) is 0.888. The molecule has 1 N–H and O–H groups in total. The van der Waals surface area contributed by atoms with Gasteiger partial charge in [0.1, 0.15) is 0 Å². The molecule has 20 heavy (non-hydrogen) atoms. The van der Waals surface area contributed by atoms with Crippen LogP contribution >= 0.6 is 11.3 Å². The summed E-state index contributed by atoms with van der Waals surface area (Å²) in [5.41, 5.74) is 1.73. The minimum absolute atomic E-state index is 0.00158. The van der Waals surface area contributed by atoms with Crippen LogP contribution in [0.2, 0.25) is 0 Å². The molecule has 0 spiro atoms. The standard InChI is InChI=1S/C15H17NO3S/c1-10(9-19-2)15-16-14(11-6-4-3-5-7-11)12(20-15)8-13(17)18/h3-7,10H,8-9H2,1-2H3,(H,17,18). The Morgan fingerprint density at radius 2 is 2.10 bits per heavy atom. The van der Waals surface area contributed by atoms with Crippen molar-refractivity contribution in [3.8, 4) is 11.3 Å². The van der Waals surface area contributed by atoms with Gasteiger partial charge >= 0.3 is 5.97 Å². The molecule has 5 heteroatoms. The van der Waals surface area contributed by atoms with E-state index in [4.69, 9.17) is 9.84 Å². The molecule has 106 valence electrons. The zero-order chi connectivity index (χ0) is 14.5. The van der Waals surface area contributed by atoms with Gasteiger partial charge in [0.2, 0.25) is 0 Å². The van der Waals surface area contributed by atoms with E-state index in [0.29, 0.717) is 6.61 Å². The first-order chi connectivity index (χ1) is 9.61. The number of rotatable bonds is 6. The summed E-state index contributed by atoms with van der Waals surface area (Å²) in [5, 5.41) is 9.96. The molecule has 0 bridgehead atoms. The molecule has 2 aromatic rings. The maximum absolute atomic E-state index is 11.0. The Hall–Kier alpha value is -1.72. The van der Waals surface area contributed by atoms with E-state index in [-0.39, 0.29) is 12.3 Å². The van der Waals surface area contributed by atoms with Gasteiger partial charge in [0.25, 0.3) is 0 Å². The van der Waals surface area contributed by atoms with Crippen molar-refractivity contribution in [2.45, 2.75) is 19.3 Å². The number of carboxylic acid groups (broad SMARTS) is 1. The monoisotopic (exact) mass is 291 g/mol. The van der Waals surface area contributed by atoms with Gasteiger partial charge in [-0.3, -0.25) is 4.79 Å². The summed E-state index contributed by atoms with van der Waals surface area (Å²) in [7, 11) is 1.65. The molecular formula is C15H17NO3S. The SMILES string of the molecule is COCC(C)c1nc(-c2ccccc2)c(CC(=O)O)s1. The summed E-state index contributed by atoms with van der Waals surface area (Å²) >= 11 is 1.46. The third kappa shape index (κ3) is 3.43. The summed E-state index contributed by atoms with van der Waals surface area (Å²) in [6, 6.07) is 9.69. The summed E-state index contributed by atoms with van der Waals surface area (Å²) in [4.78, 5) is 16.4. The zero-order valence-corrected chi connectivity index (χ0v) is 12.3. The predicted octanol–water partition coefficient (Wildman–Crippen LogP) is 3.19. The van der Waals surface area contributed by atoms with Crippen molar-refractivity contribution in [1.82, 2.24) is 4.98 Å². The molecule has 2 rings (SSSR count). The number of carboxylic acids is 1. The number of nitrogens with zero attached hydrogens (tertiary/aromatic N) is 1. The van der Waals surface area contributed by atoms with Crippen molar-refractivity contribution in [2.75, 3.05) is 13.7 Å². The van der Waals surface area contributed by atoms with E-state index in [0.717, 1.165) is 21.1 Å². The average Bonchev–Trinajstić information content (AvgIpc) is 2.83. The Balaban J connectivity index is 2.40. The second-order valence-corrected chi connectivity index (χ2v) is 5.73. The molecule has 1 aromatic heterocycles. The number of aliphatic carboxylic acids is 1. The Morgan fingerprint density at radius 1 is 1.40 bits per heavy atom. The van der Waals surface area contributed by atoms with Gasteiger partial charge in [-0.2, -0.15) is 0 Å². The number of hydrogen-bond donors (Lipinski definition) is 1. The van der Waals surface area contributed by atoms with Crippen LogP contribution in [0.5, 0.6) is 0 Å². The molecular weight excluding hydrogens is 274 g/mol. The van der Waals surface area contributed by atoms with E-state index in [1.807, 2.05) is 37.3 Å². The average molecular weight is 291 g/mol. The van der Waals surface area contributed by atoms with E-state index >= 15 is 0 Å². The molecule has 1 aromatic carbocycles. The van der Waals surface area contributed by atoms with Crippen molar-refractivity contribution < 1.29 is 14.6 Å². The van der Waals surface area contributed by atoms with Gasteiger partial charge < -0.3 is 9.84 Å². The predicted molar refractivity (Wildman–Crippen MR) is 79.2 cm³/mol. The molecule has 0 radical (unpaired) electrons. The third-order valence-electron chi connectivity index (χ3n) is 2.91. The second-order valence-electron chi connectivity index (χ2n) is 4.62. The van der Waals surface area contributed by atoms with Crippen LogP contribution in [-0.2, 0) is 16.0 Å². The van der Waals surface area contributed by atoms with E-state index in [2.05, 4.69) is 4.98 Å². The van der Waals surface area contributed by atoms with Crippen LogP contribution in [0.25, 0.3) is 11.3 Å². The molecule has 0 fully saturated rings. The van der Waals surface area contributed by atoms with Crippen LogP contribution in [-0.4, -0.2) is 29.8 Å². The number of hydrogen-bond acceptors (Lipinski definition) is 4. The number of thiazole rings is 1. The van der Waals surface area contributed by atoms with Crippen LogP contribution in [0.4, 0.5) is 0 Å². The number of ether oxygens (including phenoxy) is 1. The highest BCUT2D eigenvalue weighted by atomic mass is 32.1. The highest BCUT2D eigenvalue weighted by Crippen LogP contribution is 2.32. The highest BCUT2D eigenvalue weighted by Gasteiger charge is 2.18. The van der Waals surface area contributed by atoms with Crippen molar-refractivity contribution in [2.24, 2.45) is 0 Å². The van der Waals surface area contributed by atoms with Crippen LogP contribution in [0.15, 0.2) is 30.3 Å². The Kier molecular flexibility index (Phi) is 4.87. The van der Waals surface area contributed by atoms with Gasteiger partial charge in [0, 0.05) is 23.5 Å². The second kappa shape index (κ2) is 6.63. The molecule has 1 atom stereocenters.